The summed E-state index contributed by atoms with van der Waals surface area (Å²) in [5.74, 6) is 0. The fourth-order valence-corrected chi connectivity index (χ4v) is 1.17. The zero-order chi connectivity index (χ0) is 6.41. The fraction of sp³-hybridized carbons (Fsp3) is 1.00. The molecule has 1 unspecified atom stereocenters. The van der Waals surface area contributed by atoms with Crippen LogP contribution >= 0.6 is 15.9 Å². The van der Waals surface area contributed by atoms with E-state index >= 15 is 0 Å². The SMILES string of the molecule is CCOC(C)CCBr. The van der Waals surface area contributed by atoms with Crippen molar-refractivity contribution in [2.24, 2.45) is 0 Å². The zero-order valence-corrected chi connectivity index (χ0v) is 7.07. The molecule has 0 aliphatic rings. The molecule has 1 atom stereocenters. The second-order valence-corrected chi connectivity index (χ2v) is 2.54. The predicted octanol–water partition coefficient (Wildman–Crippen LogP) is 2.20. The van der Waals surface area contributed by atoms with E-state index in [0.717, 1.165) is 18.4 Å². The van der Waals surface area contributed by atoms with Crippen molar-refractivity contribution in [2.75, 3.05) is 11.9 Å². The highest BCUT2D eigenvalue weighted by Crippen LogP contribution is 1.98. The van der Waals surface area contributed by atoms with Gasteiger partial charge in [0.2, 0.25) is 0 Å². The standard InChI is InChI=1S/C6H13BrO/c1-3-8-6(2)4-5-7/h6H,3-5H2,1-2H3. The van der Waals surface area contributed by atoms with Gasteiger partial charge in [0, 0.05) is 11.9 Å². The monoisotopic (exact) mass is 180 g/mol. The molecule has 0 amide bonds. The molecular weight excluding hydrogens is 168 g/mol. The summed E-state index contributed by atoms with van der Waals surface area (Å²) in [7, 11) is 0. The van der Waals surface area contributed by atoms with Crippen molar-refractivity contribution in [3.8, 4) is 0 Å². The predicted molar refractivity (Wildman–Crippen MR) is 39.5 cm³/mol. The van der Waals surface area contributed by atoms with Gasteiger partial charge in [0.05, 0.1) is 6.10 Å². The van der Waals surface area contributed by atoms with E-state index in [2.05, 4.69) is 22.9 Å². The van der Waals surface area contributed by atoms with Gasteiger partial charge in [0.1, 0.15) is 0 Å². The van der Waals surface area contributed by atoms with E-state index in [1.807, 2.05) is 6.92 Å². The average molecular weight is 181 g/mol. The van der Waals surface area contributed by atoms with Crippen molar-refractivity contribution in [1.29, 1.82) is 0 Å². The smallest absolute Gasteiger partial charge is 0.0554 e. The van der Waals surface area contributed by atoms with Gasteiger partial charge in [-0.05, 0) is 20.3 Å². The normalized spacial score (nSPS) is 13.9. The maximum atomic E-state index is 5.25. The molecule has 0 aromatic rings. The van der Waals surface area contributed by atoms with Gasteiger partial charge in [0.15, 0.2) is 0 Å². The molecule has 0 aliphatic carbocycles. The van der Waals surface area contributed by atoms with Crippen LogP contribution in [0.15, 0.2) is 0 Å². The molecular formula is C6H13BrO. The molecule has 0 bridgehead atoms. The number of ether oxygens (including phenoxy) is 1. The summed E-state index contributed by atoms with van der Waals surface area (Å²) in [5, 5.41) is 1.04. The molecule has 0 rings (SSSR count). The largest absolute Gasteiger partial charge is 0.379 e. The quantitative estimate of drug-likeness (QED) is 0.604. The van der Waals surface area contributed by atoms with Crippen LogP contribution in [0.1, 0.15) is 20.3 Å². The lowest BCUT2D eigenvalue weighted by Gasteiger charge is -2.07. The van der Waals surface area contributed by atoms with Crippen molar-refractivity contribution in [3.63, 3.8) is 0 Å². The molecule has 0 N–H and O–H groups in total. The topological polar surface area (TPSA) is 9.23 Å². The van der Waals surface area contributed by atoms with Crippen molar-refractivity contribution < 1.29 is 4.74 Å². The minimum atomic E-state index is 0.416. The van der Waals surface area contributed by atoms with Crippen molar-refractivity contribution in [3.05, 3.63) is 0 Å². The van der Waals surface area contributed by atoms with Crippen molar-refractivity contribution in [1.82, 2.24) is 0 Å². The number of hydrogen-bond donors (Lipinski definition) is 0. The van der Waals surface area contributed by atoms with Crippen molar-refractivity contribution >= 4 is 15.9 Å². The van der Waals surface area contributed by atoms with Gasteiger partial charge in [-0.25, -0.2) is 0 Å². The molecule has 0 aromatic carbocycles. The Labute approximate surface area is 59.5 Å². The lowest BCUT2D eigenvalue weighted by Crippen LogP contribution is -2.07. The van der Waals surface area contributed by atoms with Crippen molar-refractivity contribution in [2.45, 2.75) is 26.4 Å². The summed E-state index contributed by atoms with van der Waals surface area (Å²) in [5.41, 5.74) is 0. The van der Waals surface area contributed by atoms with E-state index < -0.39 is 0 Å². The summed E-state index contributed by atoms with van der Waals surface area (Å²) in [4.78, 5) is 0. The molecule has 0 radical (unpaired) electrons. The van der Waals surface area contributed by atoms with Crippen LogP contribution in [0.2, 0.25) is 0 Å². The number of alkyl halides is 1. The van der Waals surface area contributed by atoms with E-state index in [0.29, 0.717) is 6.10 Å². The minimum absolute atomic E-state index is 0.416. The van der Waals surface area contributed by atoms with Crippen LogP contribution in [0.25, 0.3) is 0 Å². The van der Waals surface area contributed by atoms with Crippen LogP contribution < -0.4 is 0 Å². The van der Waals surface area contributed by atoms with Gasteiger partial charge in [-0.1, -0.05) is 15.9 Å². The van der Waals surface area contributed by atoms with Crippen LogP contribution in [0.4, 0.5) is 0 Å². The third kappa shape index (κ3) is 4.60. The summed E-state index contributed by atoms with van der Waals surface area (Å²) >= 11 is 3.34. The molecule has 0 aliphatic heterocycles. The van der Waals surface area contributed by atoms with Gasteiger partial charge in [-0.2, -0.15) is 0 Å². The first-order chi connectivity index (χ1) is 3.81. The summed E-state index contributed by atoms with van der Waals surface area (Å²) < 4.78 is 5.25. The van der Waals surface area contributed by atoms with Gasteiger partial charge in [0.25, 0.3) is 0 Å². The van der Waals surface area contributed by atoms with Gasteiger partial charge in [-0.15, -0.1) is 0 Å². The summed E-state index contributed by atoms with van der Waals surface area (Å²) in [6, 6.07) is 0. The Balaban J connectivity index is 2.92. The third-order valence-corrected chi connectivity index (χ3v) is 1.42. The Hall–Kier alpha value is 0.440. The second-order valence-electron chi connectivity index (χ2n) is 1.74. The first-order valence-electron chi connectivity index (χ1n) is 2.98. The Bertz CT molecular complexity index is 41.8. The third-order valence-electron chi connectivity index (χ3n) is 0.967. The molecule has 0 heterocycles. The van der Waals surface area contributed by atoms with Crippen LogP contribution in [-0.2, 0) is 4.74 Å². The number of hydrogen-bond acceptors (Lipinski definition) is 1. The van der Waals surface area contributed by atoms with Crippen LogP contribution in [0.5, 0.6) is 0 Å². The highest BCUT2D eigenvalue weighted by molar-refractivity contribution is 9.09. The minimum Gasteiger partial charge on any atom is -0.379 e. The molecule has 1 nitrogen and oxygen atoms in total. The van der Waals surface area contributed by atoms with Gasteiger partial charge >= 0.3 is 0 Å². The van der Waals surface area contributed by atoms with Crippen LogP contribution in [-0.4, -0.2) is 18.0 Å². The molecule has 2 heteroatoms. The first kappa shape index (κ1) is 8.44. The van der Waals surface area contributed by atoms with Crippen LogP contribution in [0.3, 0.4) is 0 Å². The molecule has 0 saturated heterocycles. The van der Waals surface area contributed by atoms with E-state index in [1.54, 1.807) is 0 Å². The van der Waals surface area contributed by atoms with E-state index in [4.69, 9.17) is 4.74 Å². The summed E-state index contributed by atoms with van der Waals surface area (Å²) in [6.45, 7) is 4.93. The van der Waals surface area contributed by atoms with E-state index in [-0.39, 0.29) is 0 Å². The fourth-order valence-electron chi connectivity index (χ4n) is 0.522. The maximum Gasteiger partial charge on any atom is 0.0554 e. The Morgan fingerprint density at radius 2 is 2.25 bits per heavy atom. The summed E-state index contributed by atoms with van der Waals surface area (Å²) in [6.07, 6.45) is 1.52. The Kier molecular flexibility index (Phi) is 5.88. The molecule has 8 heavy (non-hydrogen) atoms. The second kappa shape index (κ2) is 5.57. The Morgan fingerprint density at radius 1 is 1.62 bits per heavy atom. The number of rotatable bonds is 4. The Morgan fingerprint density at radius 3 is 2.62 bits per heavy atom. The average Bonchev–Trinajstić information content (AvgIpc) is 1.68. The molecule has 50 valence electrons. The molecule has 0 saturated carbocycles. The molecule has 0 spiro atoms. The highest BCUT2D eigenvalue weighted by atomic mass is 79.9. The number of halogens is 1. The zero-order valence-electron chi connectivity index (χ0n) is 5.48. The molecule has 0 fully saturated rings. The van der Waals surface area contributed by atoms with Gasteiger partial charge in [-0.3, -0.25) is 0 Å². The van der Waals surface area contributed by atoms with Crippen LogP contribution in [0, 0.1) is 0 Å². The van der Waals surface area contributed by atoms with E-state index in [1.165, 1.54) is 0 Å². The first-order valence-corrected chi connectivity index (χ1v) is 4.11. The molecule has 0 aromatic heterocycles. The lowest BCUT2D eigenvalue weighted by atomic mass is 10.3. The van der Waals surface area contributed by atoms with Gasteiger partial charge < -0.3 is 4.74 Å². The van der Waals surface area contributed by atoms with E-state index in [9.17, 15) is 0 Å². The lowest BCUT2D eigenvalue weighted by molar-refractivity contribution is 0.0749. The highest BCUT2D eigenvalue weighted by Gasteiger charge is 1.96. The maximum absolute atomic E-state index is 5.25.